The van der Waals surface area contributed by atoms with Gasteiger partial charge in [0.2, 0.25) is 0 Å². The normalized spacial score (nSPS) is 35.3. The molecule has 2 heteroatoms. The van der Waals surface area contributed by atoms with Crippen molar-refractivity contribution >= 4 is 0 Å². The van der Waals surface area contributed by atoms with E-state index < -0.39 is 0 Å². The molecule has 1 fully saturated rings. The lowest BCUT2D eigenvalue weighted by molar-refractivity contribution is 0.0964. The summed E-state index contributed by atoms with van der Waals surface area (Å²) in [6.07, 6.45) is 2.77. The predicted molar refractivity (Wildman–Crippen MR) is 37.2 cm³/mol. The highest BCUT2D eigenvalue weighted by Gasteiger charge is 2.24. The molecule has 0 radical (unpaired) electrons. The third-order valence-electron chi connectivity index (χ3n) is 2.10. The number of rotatable bonds is 2. The van der Waals surface area contributed by atoms with Crippen molar-refractivity contribution < 1.29 is 4.74 Å². The molecule has 0 spiro atoms. The van der Waals surface area contributed by atoms with Crippen molar-refractivity contribution in [3.05, 3.63) is 0 Å². The molecular formula is C7H15NO. The highest BCUT2D eigenvalue weighted by Crippen LogP contribution is 2.22. The summed E-state index contributed by atoms with van der Waals surface area (Å²) in [5, 5.41) is 0. The number of hydrogen-bond acceptors (Lipinski definition) is 2. The van der Waals surface area contributed by atoms with Crippen LogP contribution in [-0.2, 0) is 4.74 Å². The Morgan fingerprint density at radius 3 is 2.89 bits per heavy atom. The highest BCUT2D eigenvalue weighted by atomic mass is 16.5. The van der Waals surface area contributed by atoms with E-state index in [2.05, 4.69) is 6.92 Å². The number of ether oxygens (including phenoxy) is 1. The minimum Gasteiger partial charge on any atom is -0.377 e. The molecule has 1 aliphatic rings. The van der Waals surface area contributed by atoms with E-state index in [1.807, 2.05) is 0 Å². The molecule has 1 heterocycles. The maximum atomic E-state index is 5.47. The van der Waals surface area contributed by atoms with Crippen LogP contribution in [0, 0.1) is 5.92 Å². The summed E-state index contributed by atoms with van der Waals surface area (Å²) in [7, 11) is 0. The maximum absolute atomic E-state index is 5.47. The van der Waals surface area contributed by atoms with E-state index in [1.54, 1.807) is 0 Å². The van der Waals surface area contributed by atoms with E-state index in [1.165, 1.54) is 12.8 Å². The fraction of sp³-hybridized carbons (Fsp3) is 1.00. The van der Waals surface area contributed by atoms with Crippen molar-refractivity contribution in [1.82, 2.24) is 0 Å². The topological polar surface area (TPSA) is 35.2 Å². The summed E-state index contributed by atoms with van der Waals surface area (Å²) < 4.78 is 5.38. The zero-order chi connectivity index (χ0) is 6.69. The predicted octanol–water partition coefficient (Wildman–Crippen LogP) is 0.760. The molecular weight excluding hydrogens is 114 g/mol. The SMILES string of the molecule is CC[C@@H]1CCO[C@@H]1CN. The van der Waals surface area contributed by atoms with E-state index in [9.17, 15) is 0 Å². The second-order valence-electron chi connectivity index (χ2n) is 2.60. The van der Waals surface area contributed by atoms with Gasteiger partial charge in [0.15, 0.2) is 0 Å². The van der Waals surface area contributed by atoms with Crippen LogP contribution >= 0.6 is 0 Å². The van der Waals surface area contributed by atoms with E-state index in [-0.39, 0.29) is 0 Å². The summed E-state index contributed by atoms with van der Waals surface area (Å²) in [4.78, 5) is 0. The third-order valence-corrected chi connectivity index (χ3v) is 2.10. The Morgan fingerprint density at radius 2 is 2.44 bits per heavy atom. The van der Waals surface area contributed by atoms with Crippen molar-refractivity contribution in [3.63, 3.8) is 0 Å². The van der Waals surface area contributed by atoms with Crippen molar-refractivity contribution in [2.24, 2.45) is 11.7 Å². The Balaban J connectivity index is 2.32. The quantitative estimate of drug-likeness (QED) is 0.597. The van der Waals surface area contributed by atoms with Crippen LogP contribution in [0.1, 0.15) is 19.8 Å². The first-order valence-corrected chi connectivity index (χ1v) is 3.70. The second-order valence-corrected chi connectivity index (χ2v) is 2.60. The van der Waals surface area contributed by atoms with Crippen LogP contribution in [0.3, 0.4) is 0 Å². The van der Waals surface area contributed by atoms with E-state index in [4.69, 9.17) is 10.5 Å². The van der Waals surface area contributed by atoms with Gasteiger partial charge in [0.25, 0.3) is 0 Å². The largest absolute Gasteiger partial charge is 0.377 e. The van der Waals surface area contributed by atoms with Gasteiger partial charge in [0.05, 0.1) is 6.10 Å². The van der Waals surface area contributed by atoms with Crippen molar-refractivity contribution in [2.75, 3.05) is 13.2 Å². The minimum atomic E-state index is 0.356. The average molecular weight is 129 g/mol. The Bertz CT molecular complexity index is 75.0. The first-order chi connectivity index (χ1) is 4.38. The van der Waals surface area contributed by atoms with E-state index >= 15 is 0 Å². The van der Waals surface area contributed by atoms with Crippen LogP contribution in [0.25, 0.3) is 0 Å². The number of nitrogens with two attached hydrogens (primary N) is 1. The monoisotopic (exact) mass is 129 g/mol. The van der Waals surface area contributed by atoms with Gasteiger partial charge in [0, 0.05) is 13.2 Å². The Labute approximate surface area is 56.4 Å². The lowest BCUT2D eigenvalue weighted by atomic mass is 9.99. The Kier molecular flexibility index (Phi) is 2.49. The molecule has 1 aliphatic heterocycles. The smallest absolute Gasteiger partial charge is 0.0726 e. The zero-order valence-electron chi connectivity index (χ0n) is 5.97. The molecule has 1 rings (SSSR count). The summed E-state index contributed by atoms with van der Waals surface area (Å²) in [6.45, 7) is 3.81. The van der Waals surface area contributed by atoms with Gasteiger partial charge < -0.3 is 10.5 Å². The van der Waals surface area contributed by atoms with Gasteiger partial charge in [-0.25, -0.2) is 0 Å². The second kappa shape index (κ2) is 3.18. The molecule has 9 heavy (non-hydrogen) atoms. The fourth-order valence-electron chi connectivity index (χ4n) is 1.42. The molecule has 0 aliphatic carbocycles. The molecule has 0 unspecified atom stereocenters. The van der Waals surface area contributed by atoms with E-state index in [0.29, 0.717) is 12.6 Å². The molecule has 1 saturated heterocycles. The van der Waals surface area contributed by atoms with Crippen LogP contribution < -0.4 is 5.73 Å². The molecule has 2 atom stereocenters. The van der Waals surface area contributed by atoms with Crippen LogP contribution in [0.15, 0.2) is 0 Å². The molecule has 0 aromatic carbocycles. The molecule has 0 aromatic rings. The van der Waals surface area contributed by atoms with Gasteiger partial charge in [0.1, 0.15) is 0 Å². The van der Waals surface area contributed by atoms with Crippen LogP contribution in [0.2, 0.25) is 0 Å². The Hall–Kier alpha value is -0.0800. The summed E-state index contributed by atoms with van der Waals surface area (Å²) >= 11 is 0. The Morgan fingerprint density at radius 1 is 1.67 bits per heavy atom. The van der Waals surface area contributed by atoms with Crippen molar-refractivity contribution in [2.45, 2.75) is 25.9 Å². The molecule has 2 N–H and O–H groups in total. The van der Waals surface area contributed by atoms with Crippen molar-refractivity contribution in [3.8, 4) is 0 Å². The standard InChI is InChI=1S/C7H15NO/c1-2-6-3-4-9-7(6)5-8/h6-7H,2-5,8H2,1H3/t6-,7-/m1/s1. The zero-order valence-corrected chi connectivity index (χ0v) is 5.97. The highest BCUT2D eigenvalue weighted by molar-refractivity contribution is 4.75. The molecule has 2 nitrogen and oxygen atoms in total. The van der Waals surface area contributed by atoms with Gasteiger partial charge in [-0.3, -0.25) is 0 Å². The average Bonchev–Trinajstić information content (AvgIpc) is 2.33. The summed E-state index contributed by atoms with van der Waals surface area (Å²) in [5.41, 5.74) is 5.47. The maximum Gasteiger partial charge on any atom is 0.0726 e. The molecule has 54 valence electrons. The lowest BCUT2D eigenvalue weighted by Gasteiger charge is -2.13. The molecule has 0 bridgehead atoms. The van der Waals surface area contributed by atoms with Crippen LogP contribution in [0.4, 0.5) is 0 Å². The summed E-state index contributed by atoms with van der Waals surface area (Å²) in [5.74, 6) is 0.731. The van der Waals surface area contributed by atoms with Gasteiger partial charge in [-0.05, 0) is 12.3 Å². The van der Waals surface area contributed by atoms with Gasteiger partial charge in [-0.1, -0.05) is 13.3 Å². The third kappa shape index (κ3) is 1.43. The van der Waals surface area contributed by atoms with E-state index in [0.717, 1.165) is 12.5 Å². The molecule has 0 saturated carbocycles. The van der Waals surface area contributed by atoms with Gasteiger partial charge in [-0.15, -0.1) is 0 Å². The first-order valence-electron chi connectivity index (χ1n) is 3.70. The summed E-state index contributed by atoms with van der Waals surface area (Å²) in [6, 6.07) is 0. The van der Waals surface area contributed by atoms with Crippen LogP contribution in [0.5, 0.6) is 0 Å². The minimum absolute atomic E-state index is 0.356. The van der Waals surface area contributed by atoms with Crippen molar-refractivity contribution in [1.29, 1.82) is 0 Å². The first kappa shape index (κ1) is 7.03. The molecule has 0 amide bonds. The number of hydrogen-bond donors (Lipinski definition) is 1. The van der Waals surface area contributed by atoms with Crippen LogP contribution in [-0.4, -0.2) is 19.3 Å². The van der Waals surface area contributed by atoms with Gasteiger partial charge in [-0.2, -0.15) is 0 Å². The fourth-order valence-corrected chi connectivity index (χ4v) is 1.42. The lowest BCUT2D eigenvalue weighted by Crippen LogP contribution is -2.25. The molecule has 0 aromatic heterocycles. The van der Waals surface area contributed by atoms with Gasteiger partial charge >= 0.3 is 0 Å².